The van der Waals surface area contributed by atoms with Crippen LogP contribution >= 0.6 is 0 Å². The van der Waals surface area contributed by atoms with Crippen LogP contribution in [0, 0.1) is 11.8 Å². The monoisotopic (exact) mass is 367 g/mol. The lowest BCUT2D eigenvalue weighted by Gasteiger charge is -2.27. The third kappa shape index (κ3) is 5.29. The van der Waals surface area contributed by atoms with E-state index in [2.05, 4.69) is 15.6 Å². The summed E-state index contributed by atoms with van der Waals surface area (Å²) in [5, 5.41) is 5.94. The molecule has 0 aliphatic heterocycles. The number of ether oxygens (including phenoxy) is 1. The van der Waals surface area contributed by atoms with Gasteiger partial charge in [0.2, 0.25) is 11.8 Å². The summed E-state index contributed by atoms with van der Waals surface area (Å²) in [6.07, 6.45) is 6.37. The van der Waals surface area contributed by atoms with Crippen molar-refractivity contribution in [2.75, 3.05) is 12.4 Å². The highest BCUT2D eigenvalue weighted by Gasteiger charge is 2.29. The number of hydrogen-bond acceptors (Lipinski definition) is 4. The molecule has 1 aliphatic rings. The molecular weight excluding hydrogens is 342 g/mol. The molecule has 142 valence electrons. The fourth-order valence-electron chi connectivity index (χ4n) is 3.37. The van der Waals surface area contributed by atoms with Crippen LogP contribution in [-0.4, -0.2) is 23.9 Å². The van der Waals surface area contributed by atoms with E-state index in [4.69, 9.17) is 4.74 Å². The number of methoxy groups -OCH3 is 1. The molecule has 0 unspecified atom stereocenters. The quantitative estimate of drug-likeness (QED) is 0.822. The predicted molar refractivity (Wildman–Crippen MR) is 103 cm³/mol. The lowest BCUT2D eigenvalue weighted by molar-refractivity contribution is -0.128. The summed E-state index contributed by atoms with van der Waals surface area (Å²) < 4.78 is 5.12. The molecule has 27 heavy (non-hydrogen) atoms. The van der Waals surface area contributed by atoms with Crippen molar-refractivity contribution in [2.45, 2.75) is 32.2 Å². The fourth-order valence-corrected chi connectivity index (χ4v) is 3.37. The van der Waals surface area contributed by atoms with Crippen molar-refractivity contribution in [3.05, 3.63) is 54.4 Å². The number of anilines is 1. The lowest BCUT2D eigenvalue weighted by atomic mass is 9.81. The highest BCUT2D eigenvalue weighted by atomic mass is 16.5. The van der Waals surface area contributed by atoms with Crippen LogP contribution in [0.3, 0.4) is 0 Å². The van der Waals surface area contributed by atoms with Crippen LogP contribution < -0.4 is 15.4 Å². The minimum atomic E-state index is -0.0450. The summed E-state index contributed by atoms with van der Waals surface area (Å²) in [5.74, 6) is 0.788. The van der Waals surface area contributed by atoms with Gasteiger partial charge in [0, 0.05) is 36.5 Å². The SMILES string of the molecule is COc1ccc(NC(=O)C2CCC(C(=O)NCc3ccncc3)CC2)cc1. The molecule has 2 aromatic rings. The Morgan fingerprint density at radius 3 is 2.15 bits per heavy atom. The van der Waals surface area contributed by atoms with Crippen molar-refractivity contribution < 1.29 is 14.3 Å². The van der Waals surface area contributed by atoms with Gasteiger partial charge in [-0.25, -0.2) is 0 Å². The molecule has 1 aliphatic carbocycles. The Kier molecular flexibility index (Phi) is 6.41. The van der Waals surface area contributed by atoms with Crippen LogP contribution in [-0.2, 0) is 16.1 Å². The zero-order chi connectivity index (χ0) is 19.1. The number of aromatic nitrogens is 1. The van der Waals surface area contributed by atoms with Crippen LogP contribution in [0.1, 0.15) is 31.2 Å². The lowest BCUT2D eigenvalue weighted by Crippen LogP contribution is -2.35. The van der Waals surface area contributed by atoms with Gasteiger partial charge in [0.1, 0.15) is 5.75 Å². The maximum absolute atomic E-state index is 12.5. The molecule has 0 bridgehead atoms. The average molecular weight is 367 g/mol. The van der Waals surface area contributed by atoms with Crippen molar-refractivity contribution >= 4 is 17.5 Å². The number of rotatable bonds is 6. The summed E-state index contributed by atoms with van der Waals surface area (Å²) >= 11 is 0. The van der Waals surface area contributed by atoms with Crippen LogP contribution in [0.15, 0.2) is 48.8 Å². The number of hydrogen-bond donors (Lipinski definition) is 2. The van der Waals surface area contributed by atoms with Crippen LogP contribution in [0.2, 0.25) is 0 Å². The maximum atomic E-state index is 12.5. The number of carbonyl (C=O) groups excluding carboxylic acids is 2. The van der Waals surface area contributed by atoms with Gasteiger partial charge in [-0.1, -0.05) is 0 Å². The van der Waals surface area contributed by atoms with Crippen molar-refractivity contribution in [1.29, 1.82) is 0 Å². The molecule has 6 heteroatoms. The molecule has 2 amide bonds. The van der Waals surface area contributed by atoms with E-state index in [-0.39, 0.29) is 23.7 Å². The van der Waals surface area contributed by atoms with Gasteiger partial charge in [-0.05, 0) is 67.6 Å². The molecule has 1 fully saturated rings. The summed E-state index contributed by atoms with van der Waals surface area (Å²) in [7, 11) is 1.61. The topological polar surface area (TPSA) is 80.3 Å². The summed E-state index contributed by atoms with van der Waals surface area (Å²) in [6.45, 7) is 0.513. The number of carbonyl (C=O) groups is 2. The van der Waals surface area contributed by atoms with Crippen LogP contribution in [0.25, 0.3) is 0 Å². The Hall–Kier alpha value is -2.89. The van der Waals surface area contributed by atoms with Gasteiger partial charge in [0.15, 0.2) is 0 Å². The van der Waals surface area contributed by atoms with E-state index < -0.39 is 0 Å². The maximum Gasteiger partial charge on any atom is 0.227 e. The molecule has 6 nitrogen and oxygen atoms in total. The Morgan fingerprint density at radius 2 is 1.56 bits per heavy atom. The van der Waals surface area contributed by atoms with E-state index in [0.717, 1.165) is 42.7 Å². The van der Waals surface area contributed by atoms with E-state index in [0.29, 0.717) is 6.54 Å². The largest absolute Gasteiger partial charge is 0.497 e. The molecule has 1 aromatic heterocycles. The molecule has 0 saturated heterocycles. The van der Waals surface area contributed by atoms with Crippen molar-refractivity contribution in [1.82, 2.24) is 10.3 Å². The minimum absolute atomic E-state index is 0.0168. The Balaban J connectivity index is 1.43. The number of benzene rings is 1. The first-order valence-electron chi connectivity index (χ1n) is 9.27. The normalized spacial score (nSPS) is 19.1. The molecule has 3 rings (SSSR count). The zero-order valence-corrected chi connectivity index (χ0v) is 15.5. The van der Waals surface area contributed by atoms with Gasteiger partial charge >= 0.3 is 0 Å². The van der Waals surface area contributed by atoms with Crippen LogP contribution in [0.5, 0.6) is 5.75 Å². The second-order valence-corrected chi connectivity index (χ2v) is 6.84. The van der Waals surface area contributed by atoms with Gasteiger partial charge in [-0.3, -0.25) is 14.6 Å². The van der Waals surface area contributed by atoms with Gasteiger partial charge in [0.05, 0.1) is 7.11 Å². The first kappa shape index (κ1) is 18.9. The standard InChI is InChI=1S/C21H25N3O3/c1-27-19-8-6-18(7-9-19)24-21(26)17-4-2-16(3-5-17)20(25)23-14-15-10-12-22-13-11-15/h6-13,16-17H,2-5,14H2,1H3,(H,23,25)(H,24,26). The summed E-state index contributed by atoms with van der Waals surface area (Å²) in [4.78, 5) is 28.8. The minimum Gasteiger partial charge on any atom is -0.497 e. The molecule has 1 aromatic carbocycles. The Morgan fingerprint density at radius 1 is 0.963 bits per heavy atom. The number of pyridine rings is 1. The highest BCUT2D eigenvalue weighted by Crippen LogP contribution is 2.30. The van der Waals surface area contributed by atoms with Gasteiger partial charge in [-0.2, -0.15) is 0 Å². The van der Waals surface area contributed by atoms with E-state index in [1.165, 1.54) is 0 Å². The van der Waals surface area contributed by atoms with Gasteiger partial charge in [-0.15, -0.1) is 0 Å². The van der Waals surface area contributed by atoms with Crippen molar-refractivity contribution in [3.63, 3.8) is 0 Å². The Bertz CT molecular complexity index is 754. The summed E-state index contributed by atoms with van der Waals surface area (Å²) in [6, 6.07) is 11.1. The number of nitrogens with zero attached hydrogens (tertiary/aromatic N) is 1. The first-order chi connectivity index (χ1) is 13.2. The zero-order valence-electron chi connectivity index (χ0n) is 15.5. The third-order valence-corrected chi connectivity index (χ3v) is 5.04. The average Bonchev–Trinajstić information content (AvgIpc) is 2.73. The van der Waals surface area contributed by atoms with E-state index in [1.807, 2.05) is 36.4 Å². The molecule has 0 radical (unpaired) electrons. The smallest absolute Gasteiger partial charge is 0.227 e. The van der Waals surface area contributed by atoms with Gasteiger partial charge < -0.3 is 15.4 Å². The molecule has 0 spiro atoms. The molecule has 1 heterocycles. The molecule has 0 atom stereocenters. The number of nitrogens with one attached hydrogen (secondary N) is 2. The first-order valence-corrected chi connectivity index (χ1v) is 9.27. The second-order valence-electron chi connectivity index (χ2n) is 6.84. The molecule has 2 N–H and O–H groups in total. The highest BCUT2D eigenvalue weighted by molar-refractivity contribution is 5.92. The summed E-state index contributed by atoms with van der Waals surface area (Å²) in [5.41, 5.74) is 1.80. The Labute approximate surface area is 159 Å². The van der Waals surface area contributed by atoms with Crippen LogP contribution in [0.4, 0.5) is 5.69 Å². The third-order valence-electron chi connectivity index (χ3n) is 5.04. The van der Waals surface area contributed by atoms with Crippen molar-refractivity contribution in [2.24, 2.45) is 11.8 Å². The van der Waals surface area contributed by atoms with Crippen molar-refractivity contribution in [3.8, 4) is 5.75 Å². The van der Waals surface area contributed by atoms with E-state index >= 15 is 0 Å². The van der Waals surface area contributed by atoms with E-state index in [9.17, 15) is 9.59 Å². The fraction of sp³-hybridized carbons (Fsp3) is 0.381. The van der Waals surface area contributed by atoms with Gasteiger partial charge in [0.25, 0.3) is 0 Å². The second kappa shape index (κ2) is 9.16. The number of amides is 2. The molecular formula is C21H25N3O3. The predicted octanol–water partition coefficient (Wildman–Crippen LogP) is 3.15. The molecule has 1 saturated carbocycles. The van der Waals surface area contributed by atoms with E-state index in [1.54, 1.807) is 19.5 Å².